The molecule has 3 rings (SSSR count). The standard InChI is InChI=1S/C17H18N4O2/c1-10-5-14(16-8-18-9-21(16)3)20-13-7-17(23-4)15(6-12(10)13)19-11(2)22/h5-9H,1-4H3,(H,19,22). The molecule has 0 bridgehead atoms. The maximum absolute atomic E-state index is 11.4. The van der Waals surface area contributed by atoms with Crippen molar-refractivity contribution in [2.45, 2.75) is 13.8 Å². The summed E-state index contributed by atoms with van der Waals surface area (Å²) in [6.45, 7) is 3.49. The van der Waals surface area contributed by atoms with E-state index in [2.05, 4.69) is 10.3 Å². The number of rotatable bonds is 3. The molecule has 2 heterocycles. The number of imidazole rings is 1. The van der Waals surface area contributed by atoms with E-state index in [-0.39, 0.29) is 5.91 Å². The zero-order chi connectivity index (χ0) is 16.6. The van der Waals surface area contributed by atoms with Gasteiger partial charge in [0.15, 0.2) is 0 Å². The first-order valence-corrected chi connectivity index (χ1v) is 7.23. The van der Waals surface area contributed by atoms with Gasteiger partial charge in [-0.2, -0.15) is 0 Å². The maximum Gasteiger partial charge on any atom is 0.221 e. The van der Waals surface area contributed by atoms with E-state index in [1.807, 2.05) is 36.7 Å². The van der Waals surface area contributed by atoms with E-state index in [0.29, 0.717) is 11.4 Å². The molecular weight excluding hydrogens is 292 g/mol. The van der Waals surface area contributed by atoms with Crippen molar-refractivity contribution in [1.82, 2.24) is 14.5 Å². The number of aromatic nitrogens is 3. The van der Waals surface area contributed by atoms with Gasteiger partial charge in [-0.05, 0) is 24.6 Å². The predicted octanol–water partition coefficient (Wildman–Crippen LogP) is 2.91. The Morgan fingerprint density at radius 1 is 1.30 bits per heavy atom. The molecule has 0 unspecified atom stereocenters. The van der Waals surface area contributed by atoms with Crippen molar-refractivity contribution in [3.05, 3.63) is 36.3 Å². The molecule has 23 heavy (non-hydrogen) atoms. The molecule has 0 aliphatic carbocycles. The minimum absolute atomic E-state index is 0.139. The zero-order valence-electron chi connectivity index (χ0n) is 13.5. The molecule has 118 valence electrons. The van der Waals surface area contributed by atoms with Gasteiger partial charge in [-0.25, -0.2) is 9.97 Å². The SMILES string of the molecule is COc1cc2nc(-c3cncn3C)cc(C)c2cc1NC(C)=O. The number of aryl methyl sites for hydroxylation is 2. The molecule has 1 aromatic carbocycles. The molecule has 0 radical (unpaired) electrons. The van der Waals surface area contributed by atoms with E-state index in [1.165, 1.54) is 6.92 Å². The molecule has 0 aliphatic heterocycles. The fraction of sp³-hybridized carbons (Fsp3) is 0.235. The Morgan fingerprint density at radius 3 is 2.70 bits per heavy atom. The summed E-state index contributed by atoms with van der Waals surface area (Å²) in [6.07, 6.45) is 3.54. The minimum Gasteiger partial charge on any atom is -0.494 e. The second kappa shape index (κ2) is 5.72. The van der Waals surface area contributed by atoms with Crippen molar-refractivity contribution >= 4 is 22.5 Å². The number of hydrogen-bond donors (Lipinski definition) is 1. The monoisotopic (exact) mass is 310 g/mol. The molecule has 2 aromatic heterocycles. The Morgan fingerprint density at radius 2 is 2.09 bits per heavy atom. The Balaban J connectivity index is 2.21. The summed E-state index contributed by atoms with van der Waals surface area (Å²) in [5.74, 6) is 0.446. The summed E-state index contributed by atoms with van der Waals surface area (Å²) in [6, 6.07) is 5.75. The van der Waals surface area contributed by atoms with Crippen LogP contribution in [0.1, 0.15) is 12.5 Å². The number of carbonyl (C=O) groups excluding carboxylic acids is 1. The highest BCUT2D eigenvalue weighted by Crippen LogP contribution is 2.32. The Labute approximate surface area is 134 Å². The van der Waals surface area contributed by atoms with E-state index in [1.54, 1.807) is 19.6 Å². The maximum atomic E-state index is 11.4. The van der Waals surface area contributed by atoms with Crippen LogP contribution in [-0.4, -0.2) is 27.6 Å². The van der Waals surface area contributed by atoms with Gasteiger partial charge in [0, 0.05) is 25.4 Å². The number of nitrogens with one attached hydrogen (secondary N) is 1. The van der Waals surface area contributed by atoms with Gasteiger partial charge in [0.05, 0.1) is 42.2 Å². The quantitative estimate of drug-likeness (QED) is 0.807. The van der Waals surface area contributed by atoms with Crippen molar-refractivity contribution < 1.29 is 9.53 Å². The van der Waals surface area contributed by atoms with Crippen LogP contribution in [0.2, 0.25) is 0 Å². The predicted molar refractivity (Wildman–Crippen MR) is 89.5 cm³/mol. The van der Waals surface area contributed by atoms with Gasteiger partial charge in [0.1, 0.15) is 5.75 Å². The molecule has 3 aromatic rings. The van der Waals surface area contributed by atoms with E-state index in [4.69, 9.17) is 9.72 Å². The van der Waals surface area contributed by atoms with Gasteiger partial charge in [-0.15, -0.1) is 0 Å². The van der Waals surface area contributed by atoms with E-state index in [9.17, 15) is 4.79 Å². The normalized spacial score (nSPS) is 10.8. The first-order chi connectivity index (χ1) is 11.0. The van der Waals surface area contributed by atoms with E-state index in [0.717, 1.165) is 27.9 Å². The summed E-state index contributed by atoms with van der Waals surface area (Å²) in [4.78, 5) is 20.2. The number of ether oxygens (including phenoxy) is 1. The van der Waals surface area contributed by atoms with Crippen LogP contribution in [-0.2, 0) is 11.8 Å². The van der Waals surface area contributed by atoms with Crippen LogP contribution in [0.5, 0.6) is 5.75 Å². The van der Waals surface area contributed by atoms with Gasteiger partial charge < -0.3 is 14.6 Å². The third-order valence-corrected chi connectivity index (χ3v) is 3.73. The van der Waals surface area contributed by atoms with Crippen molar-refractivity contribution in [2.75, 3.05) is 12.4 Å². The number of methoxy groups -OCH3 is 1. The molecule has 6 heteroatoms. The molecule has 0 fully saturated rings. The second-order valence-electron chi connectivity index (χ2n) is 5.47. The number of nitrogens with zero attached hydrogens (tertiary/aromatic N) is 3. The first kappa shape index (κ1) is 15.0. The Kier molecular flexibility index (Phi) is 3.73. The van der Waals surface area contributed by atoms with Gasteiger partial charge >= 0.3 is 0 Å². The van der Waals surface area contributed by atoms with Crippen molar-refractivity contribution in [3.8, 4) is 17.1 Å². The topological polar surface area (TPSA) is 69.0 Å². The molecule has 6 nitrogen and oxygen atoms in total. The van der Waals surface area contributed by atoms with E-state index < -0.39 is 0 Å². The number of pyridine rings is 1. The van der Waals surface area contributed by atoms with Gasteiger partial charge in [-0.1, -0.05) is 0 Å². The fourth-order valence-electron chi connectivity index (χ4n) is 2.61. The Hall–Kier alpha value is -2.89. The van der Waals surface area contributed by atoms with Crippen LogP contribution in [0.3, 0.4) is 0 Å². The van der Waals surface area contributed by atoms with Crippen molar-refractivity contribution in [1.29, 1.82) is 0 Å². The first-order valence-electron chi connectivity index (χ1n) is 7.23. The fourth-order valence-corrected chi connectivity index (χ4v) is 2.61. The number of benzene rings is 1. The smallest absolute Gasteiger partial charge is 0.221 e. The van der Waals surface area contributed by atoms with Crippen LogP contribution in [0, 0.1) is 6.92 Å². The summed E-state index contributed by atoms with van der Waals surface area (Å²) in [7, 11) is 3.51. The molecular formula is C17H18N4O2. The number of amides is 1. The summed E-state index contributed by atoms with van der Waals surface area (Å²) >= 11 is 0. The summed E-state index contributed by atoms with van der Waals surface area (Å²) < 4.78 is 7.30. The highest BCUT2D eigenvalue weighted by molar-refractivity contribution is 5.96. The minimum atomic E-state index is -0.139. The second-order valence-corrected chi connectivity index (χ2v) is 5.47. The van der Waals surface area contributed by atoms with Crippen molar-refractivity contribution in [2.24, 2.45) is 7.05 Å². The lowest BCUT2D eigenvalue weighted by Crippen LogP contribution is -2.07. The average Bonchev–Trinajstić information content (AvgIpc) is 2.92. The van der Waals surface area contributed by atoms with Gasteiger partial charge in [0.2, 0.25) is 5.91 Å². The third-order valence-electron chi connectivity index (χ3n) is 3.73. The van der Waals surface area contributed by atoms with Gasteiger partial charge in [0.25, 0.3) is 0 Å². The number of anilines is 1. The molecule has 1 amide bonds. The number of fused-ring (bicyclic) bond motifs is 1. The van der Waals surface area contributed by atoms with Crippen LogP contribution >= 0.6 is 0 Å². The molecule has 0 aliphatic rings. The largest absolute Gasteiger partial charge is 0.494 e. The summed E-state index contributed by atoms with van der Waals surface area (Å²) in [5, 5.41) is 3.76. The molecule has 0 saturated heterocycles. The van der Waals surface area contributed by atoms with E-state index >= 15 is 0 Å². The van der Waals surface area contributed by atoms with Crippen LogP contribution < -0.4 is 10.1 Å². The lowest BCUT2D eigenvalue weighted by atomic mass is 10.1. The Bertz CT molecular complexity index is 899. The molecule has 0 saturated carbocycles. The molecule has 1 N–H and O–H groups in total. The zero-order valence-corrected chi connectivity index (χ0v) is 13.5. The third kappa shape index (κ3) is 2.75. The summed E-state index contributed by atoms with van der Waals surface area (Å²) in [5.41, 5.74) is 4.32. The molecule has 0 atom stereocenters. The van der Waals surface area contributed by atoms with Gasteiger partial charge in [-0.3, -0.25) is 4.79 Å². The van der Waals surface area contributed by atoms with Crippen molar-refractivity contribution in [3.63, 3.8) is 0 Å². The van der Waals surface area contributed by atoms with Crippen LogP contribution in [0.4, 0.5) is 5.69 Å². The lowest BCUT2D eigenvalue weighted by Gasteiger charge is -2.13. The number of hydrogen-bond acceptors (Lipinski definition) is 4. The highest BCUT2D eigenvalue weighted by Gasteiger charge is 2.12. The lowest BCUT2D eigenvalue weighted by molar-refractivity contribution is -0.114. The van der Waals surface area contributed by atoms with Crippen LogP contribution in [0.25, 0.3) is 22.3 Å². The average molecular weight is 310 g/mol. The number of carbonyl (C=O) groups is 1. The molecule has 0 spiro atoms. The highest BCUT2D eigenvalue weighted by atomic mass is 16.5. The van der Waals surface area contributed by atoms with Crippen LogP contribution in [0.15, 0.2) is 30.7 Å².